The number of rotatable bonds is 4. The van der Waals surface area contributed by atoms with Crippen molar-refractivity contribution in [3.63, 3.8) is 0 Å². The number of halogens is 4. The number of benzene rings is 2. The molecule has 2 aromatic carbocycles. The van der Waals surface area contributed by atoms with Crippen LogP contribution in [0.15, 0.2) is 60.9 Å². The van der Waals surface area contributed by atoms with Crippen molar-refractivity contribution in [2.75, 3.05) is 24.5 Å². The number of aromatic nitrogens is 3. The zero-order chi connectivity index (χ0) is 28.9. The first-order valence-corrected chi connectivity index (χ1v) is 13.2. The first kappa shape index (κ1) is 26.7. The van der Waals surface area contributed by atoms with Crippen molar-refractivity contribution in [3.05, 3.63) is 95.5 Å². The molecule has 0 radical (unpaired) electrons. The van der Waals surface area contributed by atoms with E-state index in [0.29, 0.717) is 42.6 Å². The second kappa shape index (κ2) is 10.1. The smallest absolute Gasteiger partial charge is 0.274 e. The first-order valence-electron chi connectivity index (χ1n) is 13.2. The molecular formula is C30H25F4N5O2. The van der Waals surface area contributed by atoms with Gasteiger partial charge in [-0.05, 0) is 61.7 Å². The third kappa shape index (κ3) is 4.55. The van der Waals surface area contributed by atoms with Crippen molar-refractivity contribution in [2.45, 2.75) is 31.7 Å². The molecule has 0 bridgehead atoms. The number of pyridine rings is 1. The maximum Gasteiger partial charge on any atom is 0.274 e. The molecule has 2 aliphatic rings. The van der Waals surface area contributed by atoms with Crippen molar-refractivity contribution in [2.24, 2.45) is 0 Å². The summed E-state index contributed by atoms with van der Waals surface area (Å²) in [6.45, 7) is 2.75. The fourth-order valence-corrected chi connectivity index (χ4v) is 5.85. The third-order valence-corrected chi connectivity index (χ3v) is 8.05. The molecule has 0 unspecified atom stereocenters. The van der Waals surface area contributed by atoms with Crippen LogP contribution in [0.1, 0.15) is 35.3 Å². The predicted octanol–water partition coefficient (Wildman–Crippen LogP) is 5.25. The number of ketones is 1. The lowest BCUT2D eigenvalue weighted by Crippen LogP contribution is -2.56. The molecule has 0 atom stereocenters. The van der Waals surface area contributed by atoms with Crippen LogP contribution >= 0.6 is 0 Å². The first-order chi connectivity index (χ1) is 19.7. The van der Waals surface area contributed by atoms with Crippen LogP contribution < -0.4 is 4.90 Å². The summed E-state index contributed by atoms with van der Waals surface area (Å²) >= 11 is 0. The summed E-state index contributed by atoms with van der Waals surface area (Å²) in [6, 6.07) is 11.3. The molecular weight excluding hydrogens is 538 g/mol. The Kier molecular flexibility index (Phi) is 6.59. The van der Waals surface area contributed by atoms with Gasteiger partial charge in [-0.1, -0.05) is 0 Å². The summed E-state index contributed by atoms with van der Waals surface area (Å²) in [5, 5.41) is 4.36. The predicted molar refractivity (Wildman–Crippen MR) is 143 cm³/mol. The topological polar surface area (TPSA) is 71.3 Å². The third-order valence-electron chi connectivity index (χ3n) is 8.05. The Morgan fingerprint density at radius 3 is 2.20 bits per heavy atom. The Balaban J connectivity index is 1.29. The lowest BCUT2D eigenvalue weighted by Gasteiger charge is -2.44. The van der Waals surface area contributed by atoms with Crippen LogP contribution in [0.4, 0.5) is 23.2 Å². The van der Waals surface area contributed by atoms with Gasteiger partial charge in [-0.25, -0.2) is 22.2 Å². The van der Waals surface area contributed by atoms with E-state index in [2.05, 4.69) is 10.1 Å². The molecule has 0 N–H and O–H groups in total. The number of carbonyl (C=O) groups excluding carboxylic acids is 2. The number of likely N-dealkylation sites (tertiary alicyclic amines) is 1. The molecule has 0 aliphatic carbocycles. The highest BCUT2D eigenvalue weighted by Crippen LogP contribution is 2.40. The fourth-order valence-electron chi connectivity index (χ4n) is 5.85. The summed E-state index contributed by atoms with van der Waals surface area (Å²) in [6.07, 6.45) is 4.20. The summed E-state index contributed by atoms with van der Waals surface area (Å²) in [7, 11) is 0. The van der Waals surface area contributed by atoms with Crippen LogP contribution in [-0.4, -0.2) is 56.5 Å². The molecule has 7 nitrogen and oxygen atoms in total. The molecule has 4 heterocycles. The quantitative estimate of drug-likeness (QED) is 0.251. The number of hydrogen-bond donors (Lipinski definition) is 0. The number of Topliss-reactive ketones (excluding diaryl/α,β-unsaturated/α-hetero) is 1. The number of anilines is 1. The maximum absolute atomic E-state index is 14.1. The number of piperidine rings is 1. The van der Waals surface area contributed by atoms with Crippen molar-refractivity contribution in [1.29, 1.82) is 0 Å². The van der Waals surface area contributed by atoms with Crippen LogP contribution in [0.25, 0.3) is 16.9 Å². The molecule has 2 fully saturated rings. The maximum atomic E-state index is 14.1. The molecule has 1 amide bonds. The van der Waals surface area contributed by atoms with E-state index in [1.54, 1.807) is 36.1 Å². The second-order valence-electron chi connectivity index (χ2n) is 10.4. The van der Waals surface area contributed by atoms with Crippen LogP contribution in [-0.2, 0) is 4.79 Å². The Morgan fingerprint density at radius 1 is 0.854 bits per heavy atom. The zero-order valence-electron chi connectivity index (χ0n) is 22.1. The van der Waals surface area contributed by atoms with E-state index in [-0.39, 0.29) is 36.1 Å². The Morgan fingerprint density at radius 2 is 1.54 bits per heavy atom. The van der Waals surface area contributed by atoms with Gasteiger partial charge in [-0.15, -0.1) is 0 Å². The van der Waals surface area contributed by atoms with E-state index < -0.39 is 28.9 Å². The van der Waals surface area contributed by atoms with E-state index >= 15 is 0 Å². The average molecular weight is 564 g/mol. The van der Waals surface area contributed by atoms with Gasteiger partial charge in [0.15, 0.2) is 28.9 Å². The highest BCUT2D eigenvalue weighted by atomic mass is 19.2. The highest BCUT2D eigenvalue weighted by molar-refractivity contribution is 5.97. The lowest BCUT2D eigenvalue weighted by molar-refractivity contribution is -0.123. The van der Waals surface area contributed by atoms with Crippen LogP contribution in [0.5, 0.6) is 0 Å². The molecule has 1 spiro atoms. The minimum absolute atomic E-state index is 0.0293. The monoisotopic (exact) mass is 563 g/mol. The SMILES string of the molecule is Cc1cc(N2CCC(=O)C23CCN(C(=O)c2cc(-c4ccncc4)n(-c4cc(F)c(F)c(F)c4)n2)CC3)ccc1F. The fraction of sp³-hybridized carbons (Fsp3) is 0.267. The van der Waals surface area contributed by atoms with Crippen molar-refractivity contribution < 1.29 is 27.2 Å². The van der Waals surface area contributed by atoms with Gasteiger partial charge in [-0.3, -0.25) is 14.6 Å². The van der Waals surface area contributed by atoms with E-state index in [4.69, 9.17) is 0 Å². The summed E-state index contributed by atoms with van der Waals surface area (Å²) in [5.74, 6) is -5.00. The number of carbonyl (C=O) groups is 2. The van der Waals surface area contributed by atoms with Crippen molar-refractivity contribution in [1.82, 2.24) is 19.7 Å². The molecule has 0 saturated carbocycles. The highest BCUT2D eigenvalue weighted by Gasteiger charge is 2.50. The van der Waals surface area contributed by atoms with E-state index in [0.717, 1.165) is 17.8 Å². The number of hydrogen-bond acceptors (Lipinski definition) is 5. The van der Waals surface area contributed by atoms with Crippen LogP contribution in [0.2, 0.25) is 0 Å². The molecule has 41 heavy (non-hydrogen) atoms. The van der Waals surface area contributed by atoms with Gasteiger partial charge in [0.1, 0.15) is 11.4 Å². The number of amides is 1. The van der Waals surface area contributed by atoms with Gasteiger partial charge < -0.3 is 9.80 Å². The van der Waals surface area contributed by atoms with Crippen LogP contribution in [0.3, 0.4) is 0 Å². The Hall–Kier alpha value is -4.54. The van der Waals surface area contributed by atoms with Gasteiger partial charge in [0.2, 0.25) is 0 Å². The van der Waals surface area contributed by atoms with E-state index in [1.807, 2.05) is 4.90 Å². The summed E-state index contributed by atoms with van der Waals surface area (Å²) in [4.78, 5) is 34.4. The minimum Gasteiger partial charge on any atom is -0.358 e. The molecule has 2 aliphatic heterocycles. The minimum atomic E-state index is -1.60. The molecule has 6 rings (SSSR count). The zero-order valence-corrected chi connectivity index (χ0v) is 22.1. The second-order valence-corrected chi connectivity index (χ2v) is 10.4. The van der Waals surface area contributed by atoms with Gasteiger partial charge in [0.05, 0.1) is 11.4 Å². The Labute approximate surface area is 233 Å². The molecule has 4 aromatic rings. The van der Waals surface area contributed by atoms with Crippen molar-refractivity contribution in [3.8, 4) is 16.9 Å². The normalized spacial score (nSPS) is 16.6. The number of nitrogens with zero attached hydrogens (tertiary/aromatic N) is 5. The van der Waals surface area contributed by atoms with Gasteiger partial charge in [0, 0.05) is 61.8 Å². The van der Waals surface area contributed by atoms with E-state index in [9.17, 15) is 27.2 Å². The van der Waals surface area contributed by atoms with Gasteiger partial charge in [-0.2, -0.15) is 5.10 Å². The van der Waals surface area contributed by atoms with Crippen LogP contribution in [0, 0.1) is 30.2 Å². The van der Waals surface area contributed by atoms with Gasteiger partial charge in [0.25, 0.3) is 5.91 Å². The summed E-state index contributed by atoms with van der Waals surface area (Å²) in [5.41, 5.74) is 1.36. The average Bonchev–Trinajstić information content (AvgIpc) is 3.56. The largest absolute Gasteiger partial charge is 0.358 e. The van der Waals surface area contributed by atoms with Gasteiger partial charge >= 0.3 is 0 Å². The standard InChI is InChI=1S/C30H25F4N5O2/c1-18-14-20(2-3-22(18)31)38-11-6-27(40)30(38)7-12-37(13-8-30)29(41)25-17-26(19-4-9-35-10-5-19)39(36-25)21-15-23(32)28(34)24(33)16-21/h2-5,9-10,14-17H,6-8,11-13H2,1H3. The summed E-state index contributed by atoms with van der Waals surface area (Å²) < 4.78 is 57.0. The molecule has 2 saturated heterocycles. The lowest BCUT2D eigenvalue weighted by atomic mass is 9.83. The molecule has 11 heteroatoms. The van der Waals surface area contributed by atoms with E-state index in [1.165, 1.54) is 29.2 Å². The Bertz CT molecular complexity index is 1640. The number of aryl methyl sites for hydroxylation is 1. The molecule has 2 aromatic heterocycles. The van der Waals surface area contributed by atoms with Crippen molar-refractivity contribution >= 4 is 17.4 Å². The molecule has 210 valence electrons.